The molecule has 0 bridgehead atoms. The SMILES string of the molecule is C=C(C)C(=O)N1CCc2c(sc3ncnc(N[C@H](CO)c4ccccc4)c23)C1. The topological polar surface area (TPSA) is 78.4 Å². The molecule has 2 aromatic heterocycles. The lowest BCUT2D eigenvalue weighted by Gasteiger charge is -2.27. The Balaban J connectivity index is 1.68. The Hall–Kier alpha value is -2.77. The number of aromatic nitrogens is 2. The molecule has 3 aromatic rings. The van der Waals surface area contributed by atoms with Gasteiger partial charge in [0.2, 0.25) is 5.91 Å². The smallest absolute Gasteiger partial charge is 0.249 e. The number of amides is 1. The van der Waals surface area contributed by atoms with E-state index in [9.17, 15) is 9.90 Å². The Labute approximate surface area is 167 Å². The average Bonchev–Trinajstić information content (AvgIpc) is 3.10. The number of carbonyl (C=O) groups excluding carboxylic acids is 1. The van der Waals surface area contributed by atoms with Crippen LogP contribution in [0.15, 0.2) is 48.8 Å². The van der Waals surface area contributed by atoms with Crippen molar-refractivity contribution >= 4 is 33.3 Å². The number of nitrogens with zero attached hydrogens (tertiary/aromatic N) is 3. The van der Waals surface area contributed by atoms with Crippen LogP contribution in [0.25, 0.3) is 10.2 Å². The maximum atomic E-state index is 12.3. The standard InChI is InChI=1S/C21H22N4O2S/c1-13(2)21(27)25-9-8-15-17(10-25)28-20-18(15)19(22-12-23-20)24-16(11-26)14-6-4-3-5-7-14/h3-7,12,16,26H,1,8-11H2,2H3,(H,22,23,24)/t16-/m1/s1. The molecule has 0 unspecified atom stereocenters. The highest BCUT2D eigenvalue weighted by molar-refractivity contribution is 7.19. The van der Waals surface area contributed by atoms with Crippen LogP contribution in [0.1, 0.15) is 29.0 Å². The van der Waals surface area contributed by atoms with Gasteiger partial charge in [0.15, 0.2) is 0 Å². The molecule has 2 N–H and O–H groups in total. The van der Waals surface area contributed by atoms with Gasteiger partial charge in [-0.25, -0.2) is 9.97 Å². The van der Waals surface area contributed by atoms with Gasteiger partial charge in [0.25, 0.3) is 0 Å². The summed E-state index contributed by atoms with van der Waals surface area (Å²) in [5.74, 6) is 0.724. The van der Waals surface area contributed by atoms with E-state index in [0.717, 1.165) is 32.9 Å². The lowest BCUT2D eigenvalue weighted by atomic mass is 10.0. The number of nitrogens with one attached hydrogen (secondary N) is 1. The molecule has 7 heteroatoms. The molecule has 0 fully saturated rings. The minimum absolute atomic E-state index is 0.00281. The normalized spacial score (nSPS) is 14.6. The summed E-state index contributed by atoms with van der Waals surface area (Å²) in [6.45, 7) is 6.70. The van der Waals surface area contributed by atoms with E-state index < -0.39 is 0 Å². The summed E-state index contributed by atoms with van der Waals surface area (Å²) in [5, 5.41) is 14.3. The second-order valence-corrected chi connectivity index (χ2v) is 8.04. The number of hydrogen-bond donors (Lipinski definition) is 2. The molecule has 3 heterocycles. The van der Waals surface area contributed by atoms with Crippen LogP contribution in [0.2, 0.25) is 0 Å². The van der Waals surface area contributed by atoms with Gasteiger partial charge in [0.05, 0.1) is 24.6 Å². The second-order valence-electron chi connectivity index (χ2n) is 6.95. The van der Waals surface area contributed by atoms with Crippen molar-refractivity contribution < 1.29 is 9.90 Å². The highest BCUT2D eigenvalue weighted by Gasteiger charge is 2.27. The Morgan fingerprint density at radius 2 is 2.14 bits per heavy atom. The number of rotatable bonds is 5. The van der Waals surface area contributed by atoms with E-state index in [1.54, 1.807) is 24.6 Å². The van der Waals surface area contributed by atoms with Crippen LogP contribution in [0.4, 0.5) is 5.82 Å². The molecule has 1 aromatic carbocycles. The first kappa shape index (κ1) is 18.6. The largest absolute Gasteiger partial charge is 0.394 e. The van der Waals surface area contributed by atoms with Crippen molar-refractivity contribution in [3.63, 3.8) is 0 Å². The van der Waals surface area contributed by atoms with Gasteiger partial charge in [-0.15, -0.1) is 11.3 Å². The fourth-order valence-corrected chi connectivity index (χ4v) is 4.77. The molecule has 0 spiro atoms. The van der Waals surface area contributed by atoms with E-state index >= 15 is 0 Å². The summed E-state index contributed by atoms with van der Waals surface area (Å²) in [6.07, 6.45) is 2.30. The molecule has 6 nitrogen and oxygen atoms in total. The third kappa shape index (κ3) is 3.39. The van der Waals surface area contributed by atoms with E-state index in [1.165, 1.54) is 5.56 Å². The molecule has 0 saturated heterocycles. The number of anilines is 1. The Morgan fingerprint density at radius 1 is 1.36 bits per heavy atom. The lowest BCUT2D eigenvalue weighted by molar-refractivity contribution is -0.127. The van der Waals surface area contributed by atoms with E-state index in [1.807, 2.05) is 35.2 Å². The number of thiophene rings is 1. The first-order valence-corrected chi connectivity index (χ1v) is 10.0. The summed E-state index contributed by atoms with van der Waals surface area (Å²) >= 11 is 1.60. The molecular weight excluding hydrogens is 372 g/mol. The third-order valence-corrected chi connectivity index (χ3v) is 6.11. The van der Waals surface area contributed by atoms with E-state index in [0.29, 0.717) is 18.7 Å². The summed E-state index contributed by atoms with van der Waals surface area (Å²) in [6, 6.07) is 9.57. The predicted molar refractivity (Wildman–Crippen MR) is 111 cm³/mol. The van der Waals surface area contributed by atoms with Gasteiger partial charge >= 0.3 is 0 Å². The Kier molecular flexibility index (Phi) is 5.11. The average molecular weight is 395 g/mol. The number of aliphatic hydroxyl groups excluding tert-OH is 1. The van der Waals surface area contributed by atoms with Gasteiger partial charge in [0, 0.05) is 17.0 Å². The number of benzene rings is 1. The molecule has 4 rings (SSSR count). The van der Waals surface area contributed by atoms with Crippen molar-refractivity contribution in [1.29, 1.82) is 0 Å². The molecule has 1 aliphatic heterocycles. The van der Waals surface area contributed by atoms with Gasteiger partial charge in [-0.3, -0.25) is 4.79 Å². The highest BCUT2D eigenvalue weighted by Crippen LogP contribution is 2.38. The zero-order valence-corrected chi connectivity index (χ0v) is 16.5. The first-order valence-electron chi connectivity index (χ1n) is 9.21. The van der Waals surface area contributed by atoms with Crippen molar-refractivity contribution in [1.82, 2.24) is 14.9 Å². The van der Waals surface area contributed by atoms with Crippen LogP contribution in [0.5, 0.6) is 0 Å². The minimum Gasteiger partial charge on any atom is -0.394 e. The van der Waals surface area contributed by atoms with Crippen LogP contribution in [0.3, 0.4) is 0 Å². The van der Waals surface area contributed by atoms with Crippen molar-refractivity contribution in [2.24, 2.45) is 0 Å². The molecule has 0 saturated carbocycles. The van der Waals surface area contributed by atoms with Crippen LogP contribution < -0.4 is 5.32 Å². The van der Waals surface area contributed by atoms with Crippen molar-refractivity contribution in [3.05, 3.63) is 64.8 Å². The molecule has 1 amide bonds. The highest BCUT2D eigenvalue weighted by atomic mass is 32.1. The molecule has 1 aliphatic rings. The molecule has 0 aliphatic carbocycles. The molecular formula is C21H22N4O2S. The zero-order valence-electron chi connectivity index (χ0n) is 15.7. The minimum atomic E-state index is -0.250. The Bertz CT molecular complexity index is 1030. The number of hydrogen-bond acceptors (Lipinski definition) is 6. The van der Waals surface area contributed by atoms with Crippen molar-refractivity contribution in [2.45, 2.75) is 25.9 Å². The van der Waals surface area contributed by atoms with Gasteiger partial charge in [-0.05, 0) is 24.5 Å². The van der Waals surface area contributed by atoms with Gasteiger partial charge in [-0.1, -0.05) is 36.9 Å². The number of carbonyl (C=O) groups is 1. The Morgan fingerprint density at radius 3 is 2.86 bits per heavy atom. The van der Waals surface area contributed by atoms with E-state index in [4.69, 9.17) is 0 Å². The van der Waals surface area contributed by atoms with Crippen LogP contribution in [-0.2, 0) is 17.8 Å². The van der Waals surface area contributed by atoms with Crippen LogP contribution >= 0.6 is 11.3 Å². The van der Waals surface area contributed by atoms with E-state index in [2.05, 4.69) is 21.9 Å². The van der Waals surface area contributed by atoms with Gasteiger partial charge < -0.3 is 15.3 Å². The molecule has 1 atom stereocenters. The maximum Gasteiger partial charge on any atom is 0.249 e. The fraction of sp³-hybridized carbons (Fsp3) is 0.286. The molecule has 28 heavy (non-hydrogen) atoms. The van der Waals surface area contributed by atoms with Crippen LogP contribution in [0, 0.1) is 0 Å². The quantitative estimate of drug-likeness (QED) is 0.649. The van der Waals surface area contributed by atoms with Crippen molar-refractivity contribution in [3.8, 4) is 0 Å². The fourth-order valence-electron chi connectivity index (χ4n) is 3.57. The first-order chi connectivity index (χ1) is 13.6. The van der Waals surface area contributed by atoms with Crippen molar-refractivity contribution in [2.75, 3.05) is 18.5 Å². The summed E-state index contributed by atoms with van der Waals surface area (Å²) < 4.78 is 0. The predicted octanol–water partition coefficient (Wildman–Crippen LogP) is 3.30. The molecule has 144 valence electrons. The van der Waals surface area contributed by atoms with Gasteiger partial charge in [-0.2, -0.15) is 0 Å². The zero-order chi connectivity index (χ0) is 19.7. The molecule has 0 radical (unpaired) electrons. The monoisotopic (exact) mass is 394 g/mol. The summed E-state index contributed by atoms with van der Waals surface area (Å²) in [4.78, 5) is 25.1. The summed E-state index contributed by atoms with van der Waals surface area (Å²) in [7, 11) is 0. The number of aliphatic hydroxyl groups is 1. The number of fused-ring (bicyclic) bond motifs is 3. The second kappa shape index (κ2) is 7.69. The third-order valence-electron chi connectivity index (χ3n) is 4.98. The van der Waals surface area contributed by atoms with Gasteiger partial charge in [0.1, 0.15) is 17.0 Å². The maximum absolute atomic E-state index is 12.3. The van der Waals surface area contributed by atoms with Crippen LogP contribution in [-0.4, -0.2) is 39.0 Å². The summed E-state index contributed by atoms with van der Waals surface area (Å²) in [5.41, 5.74) is 2.75. The lowest BCUT2D eigenvalue weighted by Crippen LogP contribution is -2.35. The van der Waals surface area contributed by atoms with E-state index in [-0.39, 0.29) is 18.6 Å².